The third kappa shape index (κ3) is 4.03. The lowest BCUT2D eigenvalue weighted by atomic mass is 10.1. The summed E-state index contributed by atoms with van der Waals surface area (Å²) in [7, 11) is 0. The molecule has 70 valence electrons. The number of hydrogen-bond donors (Lipinski definition) is 0. The Morgan fingerprint density at radius 2 is 1.92 bits per heavy atom. The Morgan fingerprint density at radius 3 is 2.46 bits per heavy atom. The molecule has 0 aromatic heterocycles. The first-order valence-corrected chi connectivity index (χ1v) is 4.84. The summed E-state index contributed by atoms with van der Waals surface area (Å²) < 4.78 is 1.03. The van der Waals surface area contributed by atoms with Gasteiger partial charge < -0.3 is 0 Å². The third-order valence-corrected chi connectivity index (χ3v) is 2.25. The Morgan fingerprint density at radius 1 is 1.31 bits per heavy atom. The van der Waals surface area contributed by atoms with Crippen molar-refractivity contribution in [1.29, 1.82) is 0 Å². The molecule has 0 N–H and O–H groups in total. The maximum Gasteiger partial charge on any atom is 0.204 e. The van der Waals surface area contributed by atoms with Crippen LogP contribution in [0.2, 0.25) is 0 Å². The highest BCUT2D eigenvalue weighted by Gasteiger charge is 1.98. The Balaban J connectivity index is 2.37. The second-order valence-corrected chi connectivity index (χ2v) is 3.70. The number of benzene rings is 1. The van der Waals surface area contributed by atoms with Gasteiger partial charge in [0.15, 0.2) is 0 Å². The molecule has 0 aliphatic rings. The van der Waals surface area contributed by atoms with E-state index >= 15 is 0 Å². The van der Waals surface area contributed by atoms with E-state index in [1.54, 1.807) is 0 Å². The fourth-order valence-electron chi connectivity index (χ4n) is 1.06. The van der Waals surface area contributed by atoms with Crippen LogP contribution in [-0.2, 0) is 6.42 Å². The van der Waals surface area contributed by atoms with Crippen LogP contribution in [0.3, 0.4) is 0 Å². The number of aryl methyl sites for hydroxylation is 1. The average molecular weight is 244 g/mol. The van der Waals surface area contributed by atoms with Crippen LogP contribution in [0.15, 0.2) is 28.7 Å². The van der Waals surface area contributed by atoms with Crippen molar-refractivity contribution >= 4 is 15.9 Å². The van der Waals surface area contributed by atoms with Gasteiger partial charge in [0.25, 0.3) is 0 Å². The molecule has 0 saturated heterocycles. The van der Waals surface area contributed by atoms with Crippen molar-refractivity contribution in [1.82, 2.24) is 0 Å². The Labute approximate surface area is 85.0 Å². The summed E-state index contributed by atoms with van der Waals surface area (Å²) in [4.78, 5) is 9.76. The van der Waals surface area contributed by atoms with E-state index in [0.717, 1.165) is 16.5 Å². The van der Waals surface area contributed by atoms with E-state index in [2.05, 4.69) is 15.9 Å². The second-order valence-electron chi connectivity index (χ2n) is 2.79. The van der Waals surface area contributed by atoms with E-state index in [1.165, 1.54) is 0 Å². The minimum absolute atomic E-state index is 0.0517. The number of rotatable bonds is 4. The Kier molecular flexibility index (Phi) is 3.89. The Bertz CT molecular complexity index is 284. The second kappa shape index (κ2) is 4.97. The lowest BCUT2D eigenvalue weighted by Gasteiger charge is -1.98. The highest BCUT2D eigenvalue weighted by atomic mass is 79.9. The third-order valence-electron chi connectivity index (χ3n) is 1.72. The smallest absolute Gasteiger partial charge is 0.204 e. The first-order chi connectivity index (χ1) is 6.18. The van der Waals surface area contributed by atoms with Gasteiger partial charge in [0.05, 0.1) is 0 Å². The van der Waals surface area contributed by atoms with Crippen LogP contribution in [0.1, 0.15) is 12.0 Å². The summed E-state index contributed by atoms with van der Waals surface area (Å²) in [5.74, 6) is 0. The van der Waals surface area contributed by atoms with Crippen molar-refractivity contribution in [3.63, 3.8) is 0 Å². The summed E-state index contributed by atoms with van der Waals surface area (Å²) in [5, 5.41) is 10.0. The van der Waals surface area contributed by atoms with Gasteiger partial charge in [-0.1, -0.05) is 28.1 Å². The summed E-state index contributed by atoms with van der Waals surface area (Å²) in [6.45, 7) is 0.0517. The van der Waals surface area contributed by atoms with Gasteiger partial charge in [-0.2, -0.15) is 0 Å². The molecule has 0 aliphatic heterocycles. The minimum Gasteiger partial charge on any atom is -0.265 e. The molecule has 0 bridgehead atoms. The fraction of sp³-hybridized carbons (Fsp3) is 0.333. The van der Waals surface area contributed by atoms with Crippen LogP contribution in [0.25, 0.3) is 0 Å². The molecule has 0 heterocycles. The van der Waals surface area contributed by atoms with E-state index in [0.29, 0.717) is 6.42 Å². The fourth-order valence-corrected chi connectivity index (χ4v) is 1.33. The van der Waals surface area contributed by atoms with Crippen molar-refractivity contribution in [2.24, 2.45) is 0 Å². The molecule has 0 unspecified atom stereocenters. The van der Waals surface area contributed by atoms with Crippen molar-refractivity contribution in [2.75, 3.05) is 6.54 Å². The van der Waals surface area contributed by atoms with Gasteiger partial charge in [0.1, 0.15) is 0 Å². The molecule has 0 aliphatic carbocycles. The maximum absolute atomic E-state index is 10.0. The first kappa shape index (κ1) is 10.2. The van der Waals surface area contributed by atoms with Crippen LogP contribution in [-0.4, -0.2) is 11.5 Å². The molecular formula is C9H10BrNO2. The quantitative estimate of drug-likeness (QED) is 0.603. The predicted molar refractivity (Wildman–Crippen MR) is 54.3 cm³/mol. The molecule has 0 atom stereocenters. The molecule has 0 radical (unpaired) electrons. The van der Waals surface area contributed by atoms with Crippen LogP contribution < -0.4 is 0 Å². The van der Waals surface area contributed by atoms with Crippen LogP contribution in [0.4, 0.5) is 0 Å². The van der Waals surface area contributed by atoms with Crippen molar-refractivity contribution < 1.29 is 4.92 Å². The largest absolute Gasteiger partial charge is 0.265 e. The summed E-state index contributed by atoms with van der Waals surface area (Å²) >= 11 is 3.33. The topological polar surface area (TPSA) is 43.1 Å². The normalized spacial score (nSPS) is 9.92. The number of nitrogens with zero attached hydrogens (tertiary/aromatic N) is 1. The molecule has 1 aromatic rings. The number of hydrogen-bond acceptors (Lipinski definition) is 2. The van der Waals surface area contributed by atoms with Gasteiger partial charge in [0, 0.05) is 15.8 Å². The molecule has 1 aromatic carbocycles. The zero-order valence-corrected chi connectivity index (χ0v) is 8.66. The van der Waals surface area contributed by atoms with E-state index in [-0.39, 0.29) is 11.5 Å². The van der Waals surface area contributed by atoms with Crippen molar-refractivity contribution in [3.8, 4) is 0 Å². The summed E-state index contributed by atoms with van der Waals surface area (Å²) in [6, 6.07) is 7.84. The average Bonchev–Trinajstić information content (AvgIpc) is 2.08. The van der Waals surface area contributed by atoms with E-state index in [9.17, 15) is 10.1 Å². The molecular weight excluding hydrogens is 234 g/mol. The predicted octanol–water partition coefficient (Wildman–Crippen LogP) is 2.66. The van der Waals surface area contributed by atoms with Gasteiger partial charge >= 0.3 is 0 Å². The van der Waals surface area contributed by atoms with Gasteiger partial charge in [-0.25, -0.2) is 0 Å². The van der Waals surface area contributed by atoms with Gasteiger partial charge in [-0.05, 0) is 24.1 Å². The number of nitro groups is 1. The SMILES string of the molecule is O=[N+]([O-])CCCc1ccc(Br)cc1. The number of halogens is 1. The van der Waals surface area contributed by atoms with Crippen LogP contribution in [0.5, 0.6) is 0 Å². The monoisotopic (exact) mass is 243 g/mol. The van der Waals surface area contributed by atoms with Crippen LogP contribution in [0, 0.1) is 10.1 Å². The lowest BCUT2D eigenvalue weighted by molar-refractivity contribution is -0.480. The summed E-state index contributed by atoms with van der Waals surface area (Å²) in [6.07, 6.45) is 1.38. The maximum atomic E-state index is 10.0. The highest BCUT2D eigenvalue weighted by Crippen LogP contribution is 2.11. The van der Waals surface area contributed by atoms with E-state index in [4.69, 9.17) is 0 Å². The molecule has 13 heavy (non-hydrogen) atoms. The molecule has 0 spiro atoms. The van der Waals surface area contributed by atoms with E-state index in [1.807, 2.05) is 24.3 Å². The van der Waals surface area contributed by atoms with Gasteiger partial charge in [-0.3, -0.25) is 10.1 Å². The highest BCUT2D eigenvalue weighted by molar-refractivity contribution is 9.10. The lowest BCUT2D eigenvalue weighted by Crippen LogP contribution is -2.01. The van der Waals surface area contributed by atoms with Crippen molar-refractivity contribution in [3.05, 3.63) is 44.4 Å². The molecule has 1 rings (SSSR count). The Hall–Kier alpha value is -0.900. The van der Waals surface area contributed by atoms with Gasteiger partial charge in [-0.15, -0.1) is 0 Å². The van der Waals surface area contributed by atoms with E-state index < -0.39 is 0 Å². The van der Waals surface area contributed by atoms with Crippen LogP contribution >= 0.6 is 15.9 Å². The minimum atomic E-state index is -0.279. The zero-order valence-electron chi connectivity index (χ0n) is 7.07. The molecule has 0 fully saturated rings. The molecule has 0 amide bonds. The van der Waals surface area contributed by atoms with Crippen molar-refractivity contribution in [2.45, 2.75) is 12.8 Å². The van der Waals surface area contributed by atoms with Gasteiger partial charge in [0.2, 0.25) is 6.54 Å². The molecule has 3 nitrogen and oxygen atoms in total. The zero-order chi connectivity index (χ0) is 9.68. The standard InChI is InChI=1S/C9H10BrNO2/c10-9-5-3-8(4-6-9)2-1-7-11(12)13/h3-6H,1-2,7H2. The summed E-state index contributed by atoms with van der Waals surface area (Å²) in [5.41, 5.74) is 1.14. The molecule has 4 heteroatoms. The first-order valence-electron chi connectivity index (χ1n) is 4.05. The molecule has 0 saturated carbocycles.